The van der Waals surface area contributed by atoms with E-state index in [1.54, 1.807) is 0 Å². The van der Waals surface area contributed by atoms with E-state index in [9.17, 15) is 9.59 Å². The molecule has 0 aliphatic heterocycles. The van der Waals surface area contributed by atoms with Crippen LogP contribution in [0.15, 0.2) is 16.6 Å². The van der Waals surface area contributed by atoms with E-state index in [0.29, 0.717) is 5.56 Å². The molecule has 1 aromatic rings. The van der Waals surface area contributed by atoms with Crippen molar-refractivity contribution in [2.75, 3.05) is 7.11 Å². The first-order valence-corrected chi connectivity index (χ1v) is 6.11. The number of benzene rings is 1. The van der Waals surface area contributed by atoms with Crippen LogP contribution in [0.3, 0.4) is 0 Å². The number of rotatable bonds is 4. The van der Waals surface area contributed by atoms with Gasteiger partial charge < -0.3 is 4.74 Å². The van der Waals surface area contributed by atoms with Crippen molar-refractivity contribution in [3.8, 4) is 0 Å². The number of hydrogen-bond donors (Lipinski definition) is 0. The number of carbonyl (C=O) groups is 2. The predicted octanol–water partition coefficient (Wildman–Crippen LogP) is 3.20. The minimum atomic E-state index is -0.363. The highest BCUT2D eigenvalue weighted by atomic mass is 79.9. The van der Waals surface area contributed by atoms with E-state index in [4.69, 9.17) is 0 Å². The van der Waals surface area contributed by atoms with Crippen LogP contribution < -0.4 is 0 Å². The molecule has 0 aliphatic carbocycles. The highest BCUT2D eigenvalue weighted by Crippen LogP contribution is 2.23. The number of ether oxygens (including phenoxy) is 1. The zero-order valence-corrected chi connectivity index (χ0v) is 11.8. The lowest BCUT2D eigenvalue weighted by Gasteiger charge is -2.07. The Kier molecular flexibility index (Phi) is 4.87. The molecule has 0 atom stereocenters. The Morgan fingerprint density at radius 2 is 1.76 bits per heavy atom. The lowest BCUT2D eigenvalue weighted by molar-refractivity contribution is -0.140. The summed E-state index contributed by atoms with van der Waals surface area (Å²) in [4.78, 5) is 22.9. The molecule has 0 aliphatic rings. The van der Waals surface area contributed by atoms with Gasteiger partial charge in [-0.1, -0.05) is 15.9 Å². The lowest BCUT2D eigenvalue weighted by atomic mass is 10.0. The highest BCUT2D eigenvalue weighted by molar-refractivity contribution is 9.10. The molecule has 0 saturated carbocycles. The topological polar surface area (TPSA) is 43.4 Å². The third kappa shape index (κ3) is 3.66. The molecule has 3 nitrogen and oxygen atoms in total. The SMILES string of the molecule is COC(=O)CCC(=O)c1cc(C)c(C)cc1Br. The van der Waals surface area contributed by atoms with Crippen LogP contribution in [0.5, 0.6) is 0 Å². The van der Waals surface area contributed by atoms with E-state index in [1.807, 2.05) is 26.0 Å². The normalized spacial score (nSPS) is 10.1. The van der Waals surface area contributed by atoms with Gasteiger partial charge in [-0.3, -0.25) is 9.59 Å². The number of esters is 1. The second kappa shape index (κ2) is 5.96. The average molecular weight is 299 g/mol. The predicted molar refractivity (Wildman–Crippen MR) is 69.2 cm³/mol. The van der Waals surface area contributed by atoms with E-state index in [0.717, 1.165) is 15.6 Å². The molecule has 1 rings (SSSR count). The van der Waals surface area contributed by atoms with Gasteiger partial charge in [0.1, 0.15) is 0 Å². The van der Waals surface area contributed by atoms with Crippen molar-refractivity contribution >= 4 is 27.7 Å². The summed E-state index contributed by atoms with van der Waals surface area (Å²) >= 11 is 3.37. The Labute approximate surface area is 109 Å². The number of hydrogen-bond acceptors (Lipinski definition) is 3. The van der Waals surface area contributed by atoms with E-state index in [2.05, 4.69) is 20.7 Å². The molecule has 0 saturated heterocycles. The molecule has 0 heterocycles. The third-order valence-corrected chi connectivity index (χ3v) is 3.32. The fourth-order valence-electron chi connectivity index (χ4n) is 1.45. The molecular formula is C13H15BrO3. The Morgan fingerprint density at radius 3 is 2.35 bits per heavy atom. The van der Waals surface area contributed by atoms with Crippen LogP contribution in [-0.2, 0) is 9.53 Å². The van der Waals surface area contributed by atoms with E-state index >= 15 is 0 Å². The first-order chi connectivity index (χ1) is 7.95. The van der Waals surface area contributed by atoms with Gasteiger partial charge in [-0.25, -0.2) is 0 Å². The number of methoxy groups -OCH3 is 1. The van der Waals surface area contributed by atoms with Crippen molar-refractivity contribution in [3.63, 3.8) is 0 Å². The van der Waals surface area contributed by atoms with E-state index < -0.39 is 0 Å². The summed E-state index contributed by atoms with van der Waals surface area (Å²) in [6.07, 6.45) is 0.294. The molecule has 0 unspecified atom stereocenters. The molecule has 1 aromatic carbocycles. The number of Topliss-reactive ketones (excluding diaryl/α,β-unsaturated/α-hetero) is 1. The summed E-state index contributed by atoms with van der Waals surface area (Å²) in [6.45, 7) is 3.95. The Bertz CT molecular complexity index is 452. The second-order valence-electron chi connectivity index (χ2n) is 3.92. The first-order valence-electron chi connectivity index (χ1n) is 5.32. The quantitative estimate of drug-likeness (QED) is 0.633. The molecule has 4 heteroatoms. The van der Waals surface area contributed by atoms with Gasteiger partial charge in [0.25, 0.3) is 0 Å². The number of carbonyl (C=O) groups excluding carboxylic acids is 2. The summed E-state index contributed by atoms with van der Waals surface area (Å²) in [7, 11) is 1.32. The zero-order valence-electron chi connectivity index (χ0n) is 10.2. The standard InChI is InChI=1S/C13H15BrO3/c1-8-6-10(11(14)7-9(8)2)12(15)4-5-13(16)17-3/h6-7H,4-5H2,1-3H3. The maximum Gasteiger partial charge on any atom is 0.305 e. The van der Waals surface area contributed by atoms with Crippen molar-refractivity contribution < 1.29 is 14.3 Å². The monoisotopic (exact) mass is 298 g/mol. The largest absolute Gasteiger partial charge is 0.469 e. The third-order valence-electron chi connectivity index (χ3n) is 2.67. The second-order valence-corrected chi connectivity index (χ2v) is 4.77. The smallest absolute Gasteiger partial charge is 0.305 e. The molecule has 0 bridgehead atoms. The lowest BCUT2D eigenvalue weighted by Crippen LogP contribution is -2.07. The maximum absolute atomic E-state index is 11.9. The highest BCUT2D eigenvalue weighted by Gasteiger charge is 2.13. The van der Waals surface area contributed by atoms with Gasteiger partial charge in [0.15, 0.2) is 5.78 Å². The Morgan fingerprint density at radius 1 is 1.18 bits per heavy atom. The minimum Gasteiger partial charge on any atom is -0.469 e. The molecule has 0 radical (unpaired) electrons. The maximum atomic E-state index is 11.9. The number of halogens is 1. The van der Waals surface area contributed by atoms with E-state index in [-0.39, 0.29) is 24.6 Å². The Balaban J connectivity index is 2.82. The Hall–Kier alpha value is -1.16. The summed E-state index contributed by atoms with van der Waals surface area (Å²) < 4.78 is 5.28. The number of ketones is 1. The van der Waals surface area contributed by atoms with Crippen LogP contribution in [0.2, 0.25) is 0 Å². The summed E-state index contributed by atoms with van der Waals surface area (Å²) in [5, 5.41) is 0. The molecule has 92 valence electrons. The molecular weight excluding hydrogens is 284 g/mol. The van der Waals surface area contributed by atoms with Gasteiger partial charge in [-0.05, 0) is 37.1 Å². The fraction of sp³-hybridized carbons (Fsp3) is 0.385. The fourth-order valence-corrected chi connectivity index (χ4v) is 2.13. The van der Waals surface area contributed by atoms with Crippen LogP contribution >= 0.6 is 15.9 Å². The van der Waals surface area contributed by atoms with Gasteiger partial charge in [-0.2, -0.15) is 0 Å². The van der Waals surface area contributed by atoms with Crippen molar-refractivity contribution in [1.29, 1.82) is 0 Å². The molecule has 0 N–H and O–H groups in total. The van der Waals surface area contributed by atoms with Crippen molar-refractivity contribution in [1.82, 2.24) is 0 Å². The number of aryl methyl sites for hydroxylation is 2. The summed E-state index contributed by atoms with van der Waals surface area (Å²) in [5.74, 6) is -0.413. The molecule has 0 fully saturated rings. The minimum absolute atomic E-state index is 0.0506. The zero-order chi connectivity index (χ0) is 13.0. The summed E-state index contributed by atoms with van der Waals surface area (Å²) in [5.41, 5.74) is 2.81. The van der Waals surface area contributed by atoms with Crippen molar-refractivity contribution in [2.45, 2.75) is 26.7 Å². The van der Waals surface area contributed by atoms with Crippen LogP contribution in [0, 0.1) is 13.8 Å². The molecule has 0 aromatic heterocycles. The van der Waals surface area contributed by atoms with Gasteiger partial charge in [0, 0.05) is 16.5 Å². The molecule has 0 amide bonds. The summed E-state index contributed by atoms with van der Waals surface area (Å²) in [6, 6.07) is 3.76. The van der Waals surface area contributed by atoms with Crippen LogP contribution in [0.4, 0.5) is 0 Å². The van der Waals surface area contributed by atoms with Crippen LogP contribution in [-0.4, -0.2) is 18.9 Å². The van der Waals surface area contributed by atoms with Gasteiger partial charge in [-0.15, -0.1) is 0 Å². The van der Waals surface area contributed by atoms with Crippen molar-refractivity contribution in [3.05, 3.63) is 33.3 Å². The van der Waals surface area contributed by atoms with Crippen LogP contribution in [0.1, 0.15) is 34.3 Å². The van der Waals surface area contributed by atoms with Crippen molar-refractivity contribution in [2.24, 2.45) is 0 Å². The first kappa shape index (κ1) is 13.9. The van der Waals surface area contributed by atoms with Gasteiger partial charge in [0.05, 0.1) is 13.5 Å². The van der Waals surface area contributed by atoms with Crippen LogP contribution in [0.25, 0.3) is 0 Å². The van der Waals surface area contributed by atoms with Gasteiger partial charge >= 0.3 is 5.97 Å². The average Bonchev–Trinajstić information content (AvgIpc) is 2.30. The molecule has 17 heavy (non-hydrogen) atoms. The van der Waals surface area contributed by atoms with Gasteiger partial charge in [0.2, 0.25) is 0 Å². The molecule has 0 spiro atoms. The van der Waals surface area contributed by atoms with E-state index in [1.165, 1.54) is 7.11 Å².